The van der Waals surface area contributed by atoms with E-state index in [1.807, 2.05) is 0 Å². The first kappa shape index (κ1) is 22.9. The van der Waals surface area contributed by atoms with Gasteiger partial charge < -0.3 is 14.5 Å². The van der Waals surface area contributed by atoms with Crippen LogP contribution in [0.25, 0.3) is 0 Å². The number of nitrogens with one attached hydrogen (secondary N) is 2. The zero-order valence-electron chi connectivity index (χ0n) is 18.0. The SMILES string of the molecule is CC(=O)c1c(C)[nH]c(C(=O)COC(=O)c2ccc(NC(=O)OC(C)(C)C)cc2)c1C. The average Bonchev–Trinajstić information content (AvgIpc) is 2.92. The molecule has 0 spiro atoms. The Labute approximate surface area is 175 Å². The number of benzene rings is 1. The zero-order valence-corrected chi connectivity index (χ0v) is 18.0. The molecule has 1 aromatic carbocycles. The summed E-state index contributed by atoms with van der Waals surface area (Å²) < 4.78 is 10.2. The molecule has 2 aromatic rings. The number of aryl methyl sites for hydroxylation is 1. The van der Waals surface area contributed by atoms with E-state index in [1.165, 1.54) is 31.2 Å². The minimum Gasteiger partial charge on any atom is -0.454 e. The molecular weight excluding hydrogens is 388 g/mol. The maximum absolute atomic E-state index is 12.4. The van der Waals surface area contributed by atoms with Crippen molar-refractivity contribution in [3.63, 3.8) is 0 Å². The molecule has 8 nitrogen and oxygen atoms in total. The van der Waals surface area contributed by atoms with Gasteiger partial charge in [0.25, 0.3) is 0 Å². The van der Waals surface area contributed by atoms with Crippen molar-refractivity contribution in [3.8, 4) is 0 Å². The summed E-state index contributed by atoms with van der Waals surface area (Å²) in [5.74, 6) is -1.25. The predicted molar refractivity (Wildman–Crippen MR) is 111 cm³/mol. The van der Waals surface area contributed by atoms with Crippen LogP contribution in [0.15, 0.2) is 24.3 Å². The van der Waals surface area contributed by atoms with Crippen LogP contribution in [-0.2, 0) is 9.47 Å². The van der Waals surface area contributed by atoms with E-state index in [0.717, 1.165) is 0 Å². The highest BCUT2D eigenvalue weighted by Gasteiger charge is 2.21. The molecule has 2 N–H and O–H groups in total. The van der Waals surface area contributed by atoms with Gasteiger partial charge in [0.05, 0.1) is 11.3 Å². The van der Waals surface area contributed by atoms with Gasteiger partial charge in [-0.2, -0.15) is 0 Å². The fraction of sp³-hybridized carbons (Fsp3) is 0.364. The largest absolute Gasteiger partial charge is 0.454 e. The maximum Gasteiger partial charge on any atom is 0.412 e. The first-order valence-electron chi connectivity index (χ1n) is 9.39. The van der Waals surface area contributed by atoms with Gasteiger partial charge in [-0.1, -0.05) is 0 Å². The van der Waals surface area contributed by atoms with Crippen molar-refractivity contribution >= 4 is 29.3 Å². The van der Waals surface area contributed by atoms with E-state index in [1.54, 1.807) is 34.6 Å². The van der Waals surface area contributed by atoms with Gasteiger partial charge in [-0.3, -0.25) is 14.9 Å². The Bertz CT molecular complexity index is 980. The summed E-state index contributed by atoms with van der Waals surface area (Å²) in [6.07, 6.45) is -0.607. The van der Waals surface area contributed by atoms with E-state index < -0.39 is 30.1 Å². The topological polar surface area (TPSA) is 115 Å². The third-order valence-electron chi connectivity index (χ3n) is 4.17. The Balaban J connectivity index is 1.97. The molecule has 0 saturated carbocycles. The van der Waals surface area contributed by atoms with Gasteiger partial charge in [-0.25, -0.2) is 9.59 Å². The van der Waals surface area contributed by atoms with Crippen molar-refractivity contribution in [2.24, 2.45) is 0 Å². The van der Waals surface area contributed by atoms with Gasteiger partial charge in [0.2, 0.25) is 5.78 Å². The lowest BCUT2D eigenvalue weighted by Crippen LogP contribution is -2.27. The number of aromatic nitrogens is 1. The van der Waals surface area contributed by atoms with E-state index in [2.05, 4.69) is 10.3 Å². The van der Waals surface area contributed by atoms with Gasteiger partial charge in [0.1, 0.15) is 5.60 Å². The van der Waals surface area contributed by atoms with E-state index in [0.29, 0.717) is 22.5 Å². The molecule has 0 radical (unpaired) electrons. The monoisotopic (exact) mass is 414 g/mol. The summed E-state index contributed by atoms with van der Waals surface area (Å²) in [7, 11) is 0. The van der Waals surface area contributed by atoms with Crippen LogP contribution in [0.3, 0.4) is 0 Å². The second-order valence-electron chi connectivity index (χ2n) is 7.88. The number of ketones is 2. The van der Waals surface area contributed by atoms with Crippen LogP contribution in [0, 0.1) is 13.8 Å². The van der Waals surface area contributed by atoms with Crippen LogP contribution in [0.5, 0.6) is 0 Å². The van der Waals surface area contributed by atoms with Crippen LogP contribution in [0.1, 0.15) is 70.2 Å². The molecular formula is C22H26N2O6. The number of hydrogen-bond acceptors (Lipinski definition) is 6. The van der Waals surface area contributed by atoms with Crippen molar-refractivity contribution in [2.45, 2.75) is 47.1 Å². The van der Waals surface area contributed by atoms with Gasteiger partial charge in [0, 0.05) is 16.9 Å². The number of esters is 1. The quantitative estimate of drug-likeness (QED) is 0.540. The Kier molecular flexibility index (Phi) is 6.81. The number of amides is 1. The van der Waals surface area contributed by atoms with E-state index in [4.69, 9.17) is 9.47 Å². The first-order valence-corrected chi connectivity index (χ1v) is 9.39. The molecule has 0 fully saturated rings. The molecule has 0 atom stereocenters. The molecule has 2 rings (SSSR count). The number of carbonyl (C=O) groups excluding carboxylic acids is 4. The van der Waals surface area contributed by atoms with Crippen LogP contribution in [0.4, 0.5) is 10.5 Å². The van der Waals surface area contributed by atoms with Crippen molar-refractivity contribution in [1.29, 1.82) is 0 Å². The minimum absolute atomic E-state index is 0.141. The number of anilines is 1. The maximum atomic E-state index is 12.4. The lowest BCUT2D eigenvalue weighted by molar-refractivity contribution is 0.0473. The molecule has 0 aliphatic heterocycles. The molecule has 1 amide bonds. The Morgan fingerprint density at radius 3 is 2.13 bits per heavy atom. The smallest absolute Gasteiger partial charge is 0.412 e. The second kappa shape index (κ2) is 8.94. The van der Waals surface area contributed by atoms with Crippen LogP contribution >= 0.6 is 0 Å². The highest BCUT2D eigenvalue weighted by atomic mass is 16.6. The summed E-state index contributed by atoms with van der Waals surface area (Å²) in [4.78, 5) is 51.0. The Morgan fingerprint density at radius 1 is 1.03 bits per heavy atom. The number of aromatic amines is 1. The minimum atomic E-state index is -0.681. The highest BCUT2D eigenvalue weighted by Crippen LogP contribution is 2.19. The second-order valence-corrected chi connectivity index (χ2v) is 7.88. The van der Waals surface area contributed by atoms with Crippen LogP contribution in [-0.4, -0.2) is 40.8 Å². The molecule has 0 unspecified atom stereocenters. The third-order valence-corrected chi connectivity index (χ3v) is 4.17. The Morgan fingerprint density at radius 2 is 1.63 bits per heavy atom. The number of rotatable bonds is 6. The van der Waals surface area contributed by atoms with E-state index in [-0.39, 0.29) is 17.0 Å². The average molecular weight is 414 g/mol. The fourth-order valence-corrected chi connectivity index (χ4v) is 2.95. The van der Waals surface area contributed by atoms with Gasteiger partial charge in [-0.05, 0) is 71.4 Å². The fourth-order valence-electron chi connectivity index (χ4n) is 2.95. The van der Waals surface area contributed by atoms with E-state index in [9.17, 15) is 19.2 Å². The van der Waals surface area contributed by atoms with Crippen LogP contribution < -0.4 is 5.32 Å². The van der Waals surface area contributed by atoms with Gasteiger partial charge >= 0.3 is 12.1 Å². The van der Waals surface area contributed by atoms with Crippen molar-refractivity contribution in [1.82, 2.24) is 4.98 Å². The predicted octanol–water partition coefficient (Wildman–Crippen LogP) is 4.22. The summed E-state index contributed by atoms with van der Waals surface area (Å²) >= 11 is 0. The molecule has 160 valence electrons. The normalized spacial score (nSPS) is 11.0. The molecule has 8 heteroatoms. The van der Waals surface area contributed by atoms with Crippen molar-refractivity contribution in [3.05, 3.63) is 52.3 Å². The summed E-state index contributed by atoms with van der Waals surface area (Å²) in [6.45, 7) is 9.61. The lowest BCUT2D eigenvalue weighted by atomic mass is 10.1. The first-order chi connectivity index (χ1) is 13.9. The molecule has 1 heterocycles. The number of ether oxygens (including phenoxy) is 2. The van der Waals surface area contributed by atoms with Gasteiger partial charge in [0.15, 0.2) is 12.4 Å². The molecule has 0 bridgehead atoms. The number of H-pyrrole nitrogens is 1. The summed E-state index contributed by atoms with van der Waals surface area (Å²) in [6, 6.07) is 5.99. The van der Waals surface area contributed by atoms with Crippen molar-refractivity contribution in [2.75, 3.05) is 11.9 Å². The standard InChI is InChI=1S/C22H26N2O6/c1-12-18(14(3)25)13(2)23-19(12)17(26)11-29-20(27)15-7-9-16(10-8-15)24-21(28)30-22(4,5)6/h7-10,23H,11H2,1-6H3,(H,24,28). The number of Topliss-reactive ketones (excluding diaryl/α,β-unsaturated/α-hetero) is 2. The summed E-state index contributed by atoms with van der Waals surface area (Å²) in [5, 5.41) is 2.56. The third kappa shape index (κ3) is 5.79. The molecule has 1 aromatic heterocycles. The number of carbonyl (C=O) groups is 4. The lowest BCUT2D eigenvalue weighted by Gasteiger charge is -2.19. The van der Waals surface area contributed by atoms with Crippen molar-refractivity contribution < 1.29 is 28.7 Å². The molecule has 0 saturated heterocycles. The highest BCUT2D eigenvalue weighted by molar-refractivity contribution is 6.04. The number of hydrogen-bond donors (Lipinski definition) is 2. The summed E-state index contributed by atoms with van der Waals surface area (Å²) in [5.41, 5.74) is 1.91. The molecule has 0 aliphatic rings. The molecule has 0 aliphatic carbocycles. The van der Waals surface area contributed by atoms with E-state index >= 15 is 0 Å². The Hall–Kier alpha value is -3.42. The van der Waals surface area contributed by atoms with Crippen LogP contribution in [0.2, 0.25) is 0 Å². The molecule has 30 heavy (non-hydrogen) atoms. The van der Waals surface area contributed by atoms with Gasteiger partial charge in [-0.15, -0.1) is 0 Å². The zero-order chi connectivity index (χ0) is 22.6.